The lowest BCUT2D eigenvalue weighted by Crippen LogP contribution is -2.34. The van der Waals surface area contributed by atoms with Gasteiger partial charge in [0.2, 0.25) is 5.91 Å². The van der Waals surface area contributed by atoms with E-state index in [9.17, 15) is 9.59 Å². The van der Waals surface area contributed by atoms with E-state index in [-0.39, 0.29) is 11.0 Å². The molecule has 6 nitrogen and oxygen atoms in total. The number of anilines is 2. The number of amides is 2. The van der Waals surface area contributed by atoms with Gasteiger partial charge in [0, 0.05) is 21.7 Å². The molecule has 2 amide bonds. The summed E-state index contributed by atoms with van der Waals surface area (Å²) in [6.45, 7) is 2.03. The number of hydrogen-bond donors (Lipinski definition) is 3. The van der Waals surface area contributed by atoms with E-state index in [0.29, 0.717) is 34.1 Å². The third-order valence-electron chi connectivity index (χ3n) is 3.89. The summed E-state index contributed by atoms with van der Waals surface area (Å²) in [4.78, 5) is 24.4. The predicted octanol–water partition coefficient (Wildman–Crippen LogP) is 5.21. The number of unbranched alkanes of at least 4 members (excludes halogenated alkanes) is 1. The Bertz CT molecular complexity index is 924. The van der Waals surface area contributed by atoms with E-state index in [1.165, 1.54) is 7.11 Å². The summed E-state index contributed by atoms with van der Waals surface area (Å²) in [6.07, 6.45) is 2.23. The van der Waals surface area contributed by atoms with Crippen LogP contribution in [0.3, 0.4) is 0 Å². The highest BCUT2D eigenvalue weighted by atomic mass is 127. The van der Waals surface area contributed by atoms with Gasteiger partial charge in [0.15, 0.2) is 5.11 Å². The van der Waals surface area contributed by atoms with Crippen molar-refractivity contribution in [1.82, 2.24) is 5.32 Å². The molecular formula is C20H21ClIN3O3S. The summed E-state index contributed by atoms with van der Waals surface area (Å²) in [5, 5.41) is 8.82. The average Bonchev–Trinajstić information content (AvgIpc) is 2.69. The molecule has 9 heteroatoms. The number of thiocarbonyl (C=S) groups is 1. The lowest BCUT2D eigenvalue weighted by atomic mass is 10.2. The Morgan fingerprint density at radius 1 is 1.17 bits per heavy atom. The Labute approximate surface area is 193 Å². The van der Waals surface area contributed by atoms with Crippen molar-refractivity contribution in [2.45, 2.75) is 26.2 Å². The van der Waals surface area contributed by atoms with E-state index in [4.69, 9.17) is 28.6 Å². The van der Waals surface area contributed by atoms with Gasteiger partial charge in [-0.05, 0) is 71.6 Å². The standard InChI is InChI=1S/C20H21ClIN3O3S/c1-3-4-5-18(26)24-16-9-7-13(11-17(16)28-2)23-20(29)25-19(27)14-10-12(22)6-8-15(14)21/h6-11H,3-5H2,1-2H3,(H,24,26)(H2,23,25,27,29). The minimum absolute atomic E-state index is 0.0667. The number of methoxy groups -OCH3 is 1. The van der Waals surface area contributed by atoms with Crippen LogP contribution in [0.4, 0.5) is 11.4 Å². The lowest BCUT2D eigenvalue weighted by Gasteiger charge is -2.14. The molecule has 0 saturated heterocycles. The molecular weight excluding hydrogens is 525 g/mol. The second-order valence-corrected chi connectivity index (χ2v) is 8.16. The number of benzene rings is 2. The minimum Gasteiger partial charge on any atom is -0.494 e. The van der Waals surface area contributed by atoms with Crippen molar-refractivity contribution >= 4 is 74.7 Å². The van der Waals surface area contributed by atoms with E-state index in [2.05, 4.69) is 38.5 Å². The van der Waals surface area contributed by atoms with Gasteiger partial charge in [-0.3, -0.25) is 14.9 Å². The van der Waals surface area contributed by atoms with Crippen molar-refractivity contribution in [3.05, 3.63) is 50.6 Å². The number of nitrogens with one attached hydrogen (secondary N) is 3. The van der Waals surface area contributed by atoms with Gasteiger partial charge in [-0.15, -0.1) is 0 Å². The summed E-state index contributed by atoms with van der Waals surface area (Å²) in [6, 6.07) is 10.3. The molecule has 2 aromatic rings. The molecule has 0 radical (unpaired) electrons. The molecule has 0 spiro atoms. The van der Waals surface area contributed by atoms with Crippen LogP contribution in [0.5, 0.6) is 5.75 Å². The van der Waals surface area contributed by atoms with Crippen LogP contribution in [-0.4, -0.2) is 24.0 Å². The first-order chi connectivity index (χ1) is 13.8. The van der Waals surface area contributed by atoms with Gasteiger partial charge in [0.05, 0.1) is 23.4 Å². The molecule has 2 aromatic carbocycles. The molecule has 0 aliphatic heterocycles. The van der Waals surface area contributed by atoms with Crippen LogP contribution < -0.4 is 20.7 Å². The van der Waals surface area contributed by atoms with Crippen molar-refractivity contribution in [3.63, 3.8) is 0 Å². The molecule has 2 rings (SSSR count). The fraction of sp³-hybridized carbons (Fsp3) is 0.250. The number of rotatable bonds is 7. The maximum atomic E-state index is 12.4. The summed E-state index contributed by atoms with van der Waals surface area (Å²) in [5.41, 5.74) is 1.51. The molecule has 154 valence electrons. The van der Waals surface area contributed by atoms with Gasteiger partial charge >= 0.3 is 0 Å². The molecule has 0 aromatic heterocycles. The normalized spacial score (nSPS) is 10.2. The summed E-state index contributed by atoms with van der Waals surface area (Å²) in [5.74, 6) is 0.00966. The summed E-state index contributed by atoms with van der Waals surface area (Å²) < 4.78 is 6.24. The summed E-state index contributed by atoms with van der Waals surface area (Å²) in [7, 11) is 1.51. The fourth-order valence-corrected chi connectivity index (χ4v) is 3.33. The second-order valence-electron chi connectivity index (χ2n) is 6.10. The fourth-order valence-electron chi connectivity index (χ4n) is 2.43. The first-order valence-corrected chi connectivity index (χ1v) is 10.8. The number of ether oxygens (including phenoxy) is 1. The lowest BCUT2D eigenvalue weighted by molar-refractivity contribution is -0.116. The zero-order chi connectivity index (χ0) is 21.4. The van der Waals surface area contributed by atoms with Crippen molar-refractivity contribution in [3.8, 4) is 5.75 Å². The molecule has 29 heavy (non-hydrogen) atoms. The van der Waals surface area contributed by atoms with E-state index in [0.717, 1.165) is 16.4 Å². The minimum atomic E-state index is -0.405. The first-order valence-electron chi connectivity index (χ1n) is 8.89. The Kier molecular flexibility index (Phi) is 9.12. The largest absolute Gasteiger partial charge is 0.494 e. The van der Waals surface area contributed by atoms with Gasteiger partial charge in [0.25, 0.3) is 5.91 Å². The van der Waals surface area contributed by atoms with Gasteiger partial charge in [-0.2, -0.15) is 0 Å². The Hall–Kier alpha value is -1.91. The molecule has 0 heterocycles. The Morgan fingerprint density at radius 3 is 2.62 bits per heavy atom. The van der Waals surface area contributed by atoms with Crippen LogP contribution in [0.1, 0.15) is 36.5 Å². The van der Waals surface area contributed by atoms with Crippen molar-refractivity contribution in [1.29, 1.82) is 0 Å². The van der Waals surface area contributed by atoms with E-state index < -0.39 is 5.91 Å². The molecule has 0 saturated carbocycles. The van der Waals surface area contributed by atoms with Crippen LogP contribution in [0, 0.1) is 3.57 Å². The highest BCUT2D eigenvalue weighted by Crippen LogP contribution is 2.28. The van der Waals surface area contributed by atoms with Crippen LogP contribution >= 0.6 is 46.4 Å². The van der Waals surface area contributed by atoms with E-state index in [1.54, 1.807) is 30.3 Å². The Morgan fingerprint density at radius 2 is 1.93 bits per heavy atom. The third kappa shape index (κ3) is 7.13. The maximum Gasteiger partial charge on any atom is 0.258 e. The molecule has 0 atom stereocenters. The van der Waals surface area contributed by atoms with Crippen LogP contribution in [0.15, 0.2) is 36.4 Å². The molecule has 0 unspecified atom stereocenters. The number of hydrogen-bond acceptors (Lipinski definition) is 4. The SMILES string of the molecule is CCCCC(=O)Nc1ccc(NC(=S)NC(=O)c2cc(I)ccc2Cl)cc1OC. The molecule has 0 bridgehead atoms. The smallest absolute Gasteiger partial charge is 0.258 e. The molecule has 3 N–H and O–H groups in total. The third-order valence-corrected chi connectivity index (χ3v) is 5.10. The predicted molar refractivity (Wildman–Crippen MR) is 129 cm³/mol. The second kappa shape index (κ2) is 11.3. The van der Waals surface area contributed by atoms with E-state index in [1.807, 2.05) is 13.0 Å². The zero-order valence-corrected chi connectivity index (χ0v) is 19.7. The first kappa shape index (κ1) is 23.4. The monoisotopic (exact) mass is 545 g/mol. The highest BCUT2D eigenvalue weighted by molar-refractivity contribution is 14.1. The molecule has 0 aliphatic rings. The number of carbonyl (C=O) groups is 2. The van der Waals surface area contributed by atoms with Gasteiger partial charge < -0.3 is 15.4 Å². The Balaban J connectivity index is 2.03. The molecule has 0 fully saturated rings. The zero-order valence-electron chi connectivity index (χ0n) is 16.0. The van der Waals surface area contributed by atoms with Crippen LogP contribution in [0.25, 0.3) is 0 Å². The average molecular weight is 546 g/mol. The number of carbonyl (C=O) groups excluding carboxylic acids is 2. The number of halogens is 2. The van der Waals surface area contributed by atoms with Gasteiger partial charge in [-0.25, -0.2) is 0 Å². The maximum absolute atomic E-state index is 12.4. The van der Waals surface area contributed by atoms with Gasteiger partial charge in [0.1, 0.15) is 5.75 Å². The van der Waals surface area contributed by atoms with Crippen molar-refractivity contribution in [2.24, 2.45) is 0 Å². The van der Waals surface area contributed by atoms with Crippen LogP contribution in [0.2, 0.25) is 5.02 Å². The van der Waals surface area contributed by atoms with Gasteiger partial charge in [-0.1, -0.05) is 24.9 Å². The summed E-state index contributed by atoms with van der Waals surface area (Å²) >= 11 is 13.4. The topological polar surface area (TPSA) is 79.5 Å². The van der Waals surface area contributed by atoms with Crippen molar-refractivity contribution in [2.75, 3.05) is 17.7 Å². The van der Waals surface area contributed by atoms with Crippen molar-refractivity contribution < 1.29 is 14.3 Å². The van der Waals surface area contributed by atoms with E-state index >= 15 is 0 Å². The highest BCUT2D eigenvalue weighted by Gasteiger charge is 2.13. The van der Waals surface area contributed by atoms with Crippen LogP contribution in [-0.2, 0) is 4.79 Å². The molecule has 0 aliphatic carbocycles. The quantitative estimate of drug-likeness (QED) is 0.329.